The monoisotopic (exact) mass is 573 g/mol. The average Bonchev–Trinajstić information content (AvgIpc) is 2.99. The van der Waals surface area contributed by atoms with Crippen molar-refractivity contribution >= 4 is 17.5 Å². The van der Waals surface area contributed by atoms with Gasteiger partial charge < -0.3 is 24.6 Å². The number of rotatable bonds is 8. The van der Waals surface area contributed by atoms with Gasteiger partial charge in [0, 0.05) is 31.3 Å². The summed E-state index contributed by atoms with van der Waals surface area (Å²) in [7, 11) is 3.60. The van der Waals surface area contributed by atoms with Gasteiger partial charge in [-0.05, 0) is 87.3 Å². The number of amides is 1. The first-order chi connectivity index (χ1) is 20.3. The summed E-state index contributed by atoms with van der Waals surface area (Å²) in [6, 6.07) is 13.5. The second-order valence-electron chi connectivity index (χ2n) is 11.0. The molecular weight excluding hydrogens is 537 g/mol. The molecule has 3 aromatic rings. The number of carbonyl (C=O) groups is 1. The lowest BCUT2D eigenvalue weighted by molar-refractivity contribution is -0.139. The molecule has 1 N–H and O–H groups in total. The SMILES string of the molecule is COCC(=O)N1CCC(Oc2ccc(-c3ncnc(Nc4ccc(C5CCN(C)CC5)c(C)c4)n3)cc2C#N)C(F)C1. The number of methoxy groups -OCH3 is 1. The molecule has 2 aliphatic rings. The summed E-state index contributed by atoms with van der Waals surface area (Å²) in [6.45, 7) is 4.57. The average molecular weight is 574 g/mol. The van der Waals surface area contributed by atoms with Crippen molar-refractivity contribution in [1.29, 1.82) is 5.26 Å². The number of hydrogen-bond acceptors (Lipinski definition) is 9. The van der Waals surface area contributed by atoms with Gasteiger partial charge in [-0.25, -0.2) is 14.4 Å². The van der Waals surface area contributed by atoms with Crippen LogP contribution in [0.3, 0.4) is 0 Å². The van der Waals surface area contributed by atoms with Crippen molar-refractivity contribution in [3.63, 3.8) is 0 Å². The summed E-state index contributed by atoms with van der Waals surface area (Å²) in [5.74, 6) is 1.38. The highest BCUT2D eigenvalue weighted by atomic mass is 19.1. The second kappa shape index (κ2) is 13.2. The van der Waals surface area contributed by atoms with Crippen LogP contribution in [-0.2, 0) is 9.53 Å². The van der Waals surface area contributed by atoms with Crippen LogP contribution in [0.4, 0.5) is 16.0 Å². The maximum Gasteiger partial charge on any atom is 0.248 e. The number of ether oxygens (including phenoxy) is 2. The number of nitrogens with one attached hydrogen (secondary N) is 1. The highest BCUT2D eigenvalue weighted by Gasteiger charge is 2.33. The van der Waals surface area contributed by atoms with E-state index in [1.54, 1.807) is 18.2 Å². The third kappa shape index (κ3) is 6.83. The fraction of sp³-hybridized carbons (Fsp3) is 0.452. The number of hydrogen-bond donors (Lipinski definition) is 1. The molecule has 2 aliphatic heterocycles. The largest absolute Gasteiger partial charge is 0.486 e. The quantitative estimate of drug-likeness (QED) is 0.422. The van der Waals surface area contributed by atoms with Crippen LogP contribution in [0, 0.1) is 18.3 Å². The number of halogens is 1. The van der Waals surface area contributed by atoms with E-state index in [4.69, 9.17) is 9.47 Å². The Morgan fingerprint density at radius 1 is 1.14 bits per heavy atom. The molecule has 5 rings (SSSR count). The summed E-state index contributed by atoms with van der Waals surface area (Å²) in [5, 5.41) is 13.1. The molecule has 0 aliphatic carbocycles. The van der Waals surface area contributed by atoms with Gasteiger partial charge in [0.2, 0.25) is 11.9 Å². The molecule has 42 heavy (non-hydrogen) atoms. The van der Waals surface area contributed by atoms with Crippen molar-refractivity contribution in [2.24, 2.45) is 0 Å². The Hall–Kier alpha value is -4.14. The van der Waals surface area contributed by atoms with Crippen LogP contribution in [0.15, 0.2) is 42.7 Å². The Bertz CT molecular complexity index is 1450. The summed E-state index contributed by atoms with van der Waals surface area (Å²) >= 11 is 0. The number of carbonyl (C=O) groups excluding carboxylic acids is 1. The van der Waals surface area contributed by atoms with Crippen LogP contribution in [0.2, 0.25) is 0 Å². The smallest absolute Gasteiger partial charge is 0.248 e. The van der Waals surface area contributed by atoms with Crippen molar-refractivity contribution in [3.8, 4) is 23.2 Å². The zero-order valence-electron chi connectivity index (χ0n) is 24.2. The Morgan fingerprint density at radius 2 is 1.95 bits per heavy atom. The molecule has 1 aromatic heterocycles. The van der Waals surface area contributed by atoms with E-state index in [1.165, 1.54) is 42.3 Å². The van der Waals surface area contributed by atoms with E-state index >= 15 is 0 Å². The van der Waals surface area contributed by atoms with Crippen molar-refractivity contribution in [3.05, 3.63) is 59.4 Å². The van der Waals surface area contributed by atoms with Crippen LogP contribution in [0.5, 0.6) is 5.75 Å². The van der Waals surface area contributed by atoms with Gasteiger partial charge in [0.25, 0.3) is 0 Å². The Morgan fingerprint density at radius 3 is 2.67 bits per heavy atom. The molecule has 2 fully saturated rings. The standard InChI is InChI=1S/C31H36FN7O3/c1-20-14-24(5-6-25(20)21-8-11-38(2)12-9-21)36-31-35-19-34-30(37-31)22-4-7-27(23(15-22)16-33)42-28-10-13-39(17-26(28)32)29(40)18-41-3/h4-7,14-15,19,21,26,28H,8-13,17-18H2,1-3H3,(H,34,35,36,37). The van der Waals surface area contributed by atoms with Crippen molar-refractivity contribution < 1.29 is 18.7 Å². The minimum absolute atomic E-state index is 0.0755. The maximum absolute atomic E-state index is 14.9. The van der Waals surface area contributed by atoms with Gasteiger partial charge in [0.1, 0.15) is 30.9 Å². The number of alkyl halides is 1. The molecular formula is C31H36FN7O3. The Balaban J connectivity index is 1.26. The maximum atomic E-state index is 14.9. The molecule has 2 unspecified atom stereocenters. The molecule has 0 saturated carbocycles. The van der Waals surface area contributed by atoms with Crippen LogP contribution < -0.4 is 10.1 Å². The molecule has 220 valence electrons. The lowest BCUT2D eigenvalue weighted by atomic mass is 9.87. The molecule has 2 saturated heterocycles. The summed E-state index contributed by atoms with van der Waals surface area (Å²) in [4.78, 5) is 29.0. The first-order valence-electron chi connectivity index (χ1n) is 14.2. The summed E-state index contributed by atoms with van der Waals surface area (Å²) in [5.41, 5.74) is 4.36. The van der Waals surface area contributed by atoms with Crippen LogP contribution in [0.1, 0.15) is 41.9 Å². The van der Waals surface area contributed by atoms with E-state index in [-0.39, 0.29) is 30.4 Å². The normalized spacial score (nSPS) is 19.7. The van der Waals surface area contributed by atoms with Crippen LogP contribution in [0.25, 0.3) is 11.4 Å². The fourth-order valence-electron chi connectivity index (χ4n) is 5.64. The number of likely N-dealkylation sites (tertiary alicyclic amines) is 2. The number of nitrogens with zero attached hydrogens (tertiary/aromatic N) is 6. The third-order valence-corrected chi connectivity index (χ3v) is 8.00. The van der Waals surface area contributed by atoms with Gasteiger partial charge in [-0.2, -0.15) is 10.2 Å². The van der Waals surface area contributed by atoms with E-state index in [0.29, 0.717) is 36.2 Å². The van der Waals surface area contributed by atoms with Crippen molar-refractivity contribution in [2.75, 3.05) is 52.3 Å². The second-order valence-corrected chi connectivity index (χ2v) is 11.0. The first-order valence-corrected chi connectivity index (χ1v) is 14.2. The molecule has 0 spiro atoms. The van der Waals surface area contributed by atoms with E-state index in [9.17, 15) is 14.4 Å². The van der Waals surface area contributed by atoms with Crippen LogP contribution in [-0.4, -0.2) is 89.9 Å². The van der Waals surface area contributed by atoms with Gasteiger partial charge in [-0.3, -0.25) is 4.79 Å². The first kappa shape index (κ1) is 29.4. The zero-order chi connectivity index (χ0) is 29.6. The predicted octanol–water partition coefficient (Wildman–Crippen LogP) is 4.24. The lowest BCUT2D eigenvalue weighted by Crippen LogP contribution is -2.50. The number of aromatic nitrogens is 3. The zero-order valence-corrected chi connectivity index (χ0v) is 24.2. The summed E-state index contributed by atoms with van der Waals surface area (Å²) in [6.07, 6.45) is 1.91. The highest BCUT2D eigenvalue weighted by molar-refractivity contribution is 5.77. The Kier molecular flexibility index (Phi) is 9.25. The number of nitriles is 1. The van der Waals surface area contributed by atoms with E-state index in [1.807, 2.05) is 0 Å². The molecule has 0 bridgehead atoms. The molecule has 3 heterocycles. The number of anilines is 2. The topological polar surface area (TPSA) is 116 Å². The number of aryl methyl sites for hydroxylation is 1. The fourth-order valence-corrected chi connectivity index (χ4v) is 5.64. The molecule has 1 amide bonds. The molecule has 2 aromatic carbocycles. The number of benzene rings is 2. The van der Waals surface area contributed by atoms with Gasteiger partial charge >= 0.3 is 0 Å². The molecule has 11 heteroatoms. The molecule has 10 nitrogen and oxygen atoms in total. The van der Waals surface area contributed by atoms with Gasteiger partial charge in [-0.15, -0.1) is 0 Å². The predicted molar refractivity (Wildman–Crippen MR) is 156 cm³/mol. The van der Waals surface area contributed by atoms with Crippen LogP contribution >= 0.6 is 0 Å². The molecule has 2 atom stereocenters. The van der Waals surface area contributed by atoms with E-state index < -0.39 is 12.3 Å². The number of piperidine rings is 2. The minimum atomic E-state index is -1.38. The highest BCUT2D eigenvalue weighted by Crippen LogP contribution is 2.32. The Labute approximate surface area is 245 Å². The summed E-state index contributed by atoms with van der Waals surface area (Å²) < 4.78 is 25.6. The van der Waals surface area contributed by atoms with Crippen molar-refractivity contribution in [2.45, 2.75) is 44.4 Å². The van der Waals surface area contributed by atoms with Gasteiger partial charge in [0.15, 0.2) is 12.0 Å². The minimum Gasteiger partial charge on any atom is -0.486 e. The van der Waals surface area contributed by atoms with Gasteiger partial charge in [-0.1, -0.05) is 6.07 Å². The lowest BCUT2D eigenvalue weighted by Gasteiger charge is -2.34. The van der Waals surface area contributed by atoms with Crippen molar-refractivity contribution in [1.82, 2.24) is 24.8 Å². The molecule has 0 radical (unpaired) electrons. The van der Waals surface area contributed by atoms with E-state index in [2.05, 4.69) is 63.4 Å². The van der Waals surface area contributed by atoms with E-state index in [0.717, 1.165) is 18.8 Å². The van der Waals surface area contributed by atoms with Gasteiger partial charge in [0.05, 0.1) is 12.1 Å². The third-order valence-electron chi connectivity index (χ3n) is 8.00.